The summed E-state index contributed by atoms with van der Waals surface area (Å²) in [6, 6.07) is 18.3. The summed E-state index contributed by atoms with van der Waals surface area (Å²) in [5.74, 6) is 1.55. The van der Waals surface area contributed by atoms with E-state index in [0.29, 0.717) is 0 Å². The van der Waals surface area contributed by atoms with Gasteiger partial charge >= 0.3 is 0 Å². The molecule has 132 valence electrons. The Hall–Kier alpha value is -1.56. The van der Waals surface area contributed by atoms with Crippen molar-refractivity contribution >= 4 is 0 Å². The number of aryl methyl sites for hydroxylation is 2. The van der Waals surface area contributed by atoms with Crippen molar-refractivity contribution in [1.82, 2.24) is 0 Å². The first-order chi connectivity index (χ1) is 11.7. The van der Waals surface area contributed by atoms with Gasteiger partial charge in [-0.1, -0.05) is 87.4 Å². The lowest BCUT2D eigenvalue weighted by atomic mass is 9.76. The summed E-state index contributed by atoms with van der Waals surface area (Å²) >= 11 is 0. The third kappa shape index (κ3) is 5.82. The lowest BCUT2D eigenvalue weighted by Crippen LogP contribution is -2.12. The molecule has 0 atom stereocenters. The van der Waals surface area contributed by atoms with Crippen LogP contribution in [-0.2, 0) is 0 Å². The predicted molar refractivity (Wildman–Crippen MR) is 109 cm³/mol. The quantitative estimate of drug-likeness (QED) is 0.528. The summed E-state index contributed by atoms with van der Waals surface area (Å²) in [5.41, 5.74) is 5.81. The van der Waals surface area contributed by atoms with E-state index in [0.717, 1.165) is 11.8 Å². The van der Waals surface area contributed by atoms with Gasteiger partial charge in [-0.15, -0.1) is 0 Å². The molecule has 0 radical (unpaired) electrons. The summed E-state index contributed by atoms with van der Waals surface area (Å²) in [4.78, 5) is 0. The Balaban J connectivity index is 0.000000671. The largest absolute Gasteiger partial charge is 0.0683 e. The number of benzene rings is 2. The summed E-state index contributed by atoms with van der Waals surface area (Å²) < 4.78 is 0. The molecule has 0 heterocycles. The highest BCUT2D eigenvalue weighted by molar-refractivity contribution is 5.27. The molecule has 2 aromatic carbocycles. The zero-order valence-corrected chi connectivity index (χ0v) is 16.6. The molecule has 24 heavy (non-hydrogen) atoms. The molecule has 0 bridgehead atoms. The van der Waals surface area contributed by atoms with Crippen LogP contribution in [-0.4, -0.2) is 0 Å². The van der Waals surface area contributed by atoms with Crippen molar-refractivity contribution in [2.45, 2.75) is 79.1 Å². The van der Waals surface area contributed by atoms with E-state index in [1.165, 1.54) is 47.9 Å². The van der Waals surface area contributed by atoms with Gasteiger partial charge in [0.05, 0.1) is 0 Å². The van der Waals surface area contributed by atoms with Gasteiger partial charge in [0.25, 0.3) is 0 Å². The summed E-state index contributed by atoms with van der Waals surface area (Å²) in [6.07, 6.45) is 5.34. The normalized spacial score (nSPS) is 19.4. The van der Waals surface area contributed by atoms with E-state index in [2.05, 4.69) is 62.4 Å². The average molecular weight is 325 g/mol. The Labute approximate surface area is 150 Å². The second-order valence-electron chi connectivity index (χ2n) is 6.37. The van der Waals surface area contributed by atoms with Crippen LogP contribution in [0.5, 0.6) is 0 Å². The maximum atomic E-state index is 2.33. The molecule has 0 saturated heterocycles. The minimum Gasteiger partial charge on any atom is -0.0683 e. The summed E-state index contributed by atoms with van der Waals surface area (Å²) in [6.45, 7) is 12.3. The van der Waals surface area contributed by atoms with Crippen molar-refractivity contribution in [3.8, 4) is 0 Å². The summed E-state index contributed by atoms with van der Waals surface area (Å²) in [7, 11) is 0. The smallest absolute Gasteiger partial charge is 0.0162 e. The van der Waals surface area contributed by atoms with Crippen molar-refractivity contribution in [3.05, 3.63) is 70.8 Å². The van der Waals surface area contributed by atoms with E-state index in [9.17, 15) is 0 Å². The monoisotopic (exact) mass is 324 g/mol. The molecule has 3 rings (SSSR count). The highest BCUT2D eigenvalue weighted by atomic mass is 14.3. The van der Waals surface area contributed by atoms with Crippen LogP contribution in [0.15, 0.2) is 48.5 Å². The van der Waals surface area contributed by atoms with Crippen molar-refractivity contribution in [3.63, 3.8) is 0 Å². The predicted octanol–water partition coefficient (Wildman–Crippen LogP) is 7.80. The first-order valence-electron chi connectivity index (χ1n) is 9.85. The van der Waals surface area contributed by atoms with Gasteiger partial charge in [-0.25, -0.2) is 0 Å². The van der Waals surface area contributed by atoms with Crippen LogP contribution < -0.4 is 0 Å². The Morgan fingerprint density at radius 1 is 0.500 bits per heavy atom. The Morgan fingerprint density at radius 3 is 1.00 bits per heavy atom. The molecule has 0 nitrogen and oxygen atoms in total. The zero-order valence-electron chi connectivity index (χ0n) is 16.6. The van der Waals surface area contributed by atoms with Crippen molar-refractivity contribution in [2.24, 2.45) is 0 Å². The molecule has 0 spiro atoms. The highest BCUT2D eigenvalue weighted by Gasteiger charge is 2.23. The third-order valence-corrected chi connectivity index (χ3v) is 4.82. The van der Waals surface area contributed by atoms with Crippen LogP contribution in [0.3, 0.4) is 0 Å². The van der Waals surface area contributed by atoms with Crippen LogP contribution in [0.2, 0.25) is 0 Å². The Morgan fingerprint density at radius 2 is 0.750 bits per heavy atom. The number of hydrogen-bond acceptors (Lipinski definition) is 0. The van der Waals surface area contributed by atoms with Crippen LogP contribution in [0, 0.1) is 13.8 Å². The molecule has 1 aliphatic carbocycles. The van der Waals surface area contributed by atoms with E-state index in [1.807, 2.05) is 27.7 Å². The second kappa shape index (κ2) is 11.1. The van der Waals surface area contributed by atoms with Gasteiger partial charge < -0.3 is 0 Å². The molecule has 2 aromatic rings. The van der Waals surface area contributed by atoms with Gasteiger partial charge in [0.15, 0.2) is 0 Å². The van der Waals surface area contributed by atoms with E-state index in [1.54, 1.807) is 0 Å². The third-order valence-electron chi connectivity index (χ3n) is 4.82. The standard InChI is InChI=1S/C20H24.2C2H6/c1-15-3-7-17(8-4-15)19-11-13-20(14-12-19)18-9-5-16(2)6-10-18;2*1-2/h3-10,19-20H,11-14H2,1-2H3;2*1-2H3. The minimum absolute atomic E-state index is 0.775. The summed E-state index contributed by atoms with van der Waals surface area (Å²) in [5, 5.41) is 0. The highest BCUT2D eigenvalue weighted by Crippen LogP contribution is 2.40. The van der Waals surface area contributed by atoms with Gasteiger partial charge in [0.2, 0.25) is 0 Å². The lowest BCUT2D eigenvalue weighted by Gasteiger charge is -2.29. The molecule has 1 fully saturated rings. The van der Waals surface area contributed by atoms with E-state index in [4.69, 9.17) is 0 Å². The Bertz CT molecular complexity index is 486. The van der Waals surface area contributed by atoms with Gasteiger partial charge in [0, 0.05) is 0 Å². The van der Waals surface area contributed by atoms with Crippen molar-refractivity contribution in [1.29, 1.82) is 0 Å². The van der Waals surface area contributed by atoms with Crippen LogP contribution >= 0.6 is 0 Å². The molecule has 1 saturated carbocycles. The van der Waals surface area contributed by atoms with Crippen molar-refractivity contribution < 1.29 is 0 Å². The van der Waals surface area contributed by atoms with Crippen LogP contribution in [0.4, 0.5) is 0 Å². The molecule has 0 aromatic heterocycles. The maximum absolute atomic E-state index is 2.33. The Kier molecular flexibility index (Phi) is 9.45. The maximum Gasteiger partial charge on any atom is -0.0162 e. The number of hydrogen-bond donors (Lipinski definition) is 0. The fourth-order valence-corrected chi connectivity index (χ4v) is 3.44. The minimum atomic E-state index is 0.775. The van der Waals surface area contributed by atoms with Gasteiger partial charge in [0.1, 0.15) is 0 Å². The molecule has 0 aliphatic heterocycles. The zero-order chi connectivity index (χ0) is 17.9. The van der Waals surface area contributed by atoms with Gasteiger partial charge in [-0.05, 0) is 62.5 Å². The van der Waals surface area contributed by atoms with Crippen LogP contribution in [0.25, 0.3) is 0 Å². The fourth-order valence-electron chi connectivity index (χ4n) is 3.44. The molecule has 0 unspecified atom stereocenters. The second-order valence-corrected chi connectivity index (χ2v) is 6.37. The van der Waals surface area contributed by atoms with E-state index >= 15 is 0 Å². The molecule has 1 aliphatic rings. The topological polar surface area (TPSA) is 0 Å². The molecular formula is C24H36. The van der Waals surface area contributed by atoms with Gasteiger partial charge in [-0.2, -0.15) is 0 Å². The molecule has 0 amide bonds. The number of rotatable bonds is 2. The average Bonchev–Trinajstić information content (AvgIpc) is 2.66. The molecule has 0 heteroatoms. The van der Waals surface area contributed by atoms with Gasteiger partial charge in [-0.3, -0.25) is 0 Å². The molecular weight excluding hydrogens is 288 g/mol. The first kappa shape index (κ1) is 20.5. The van der Waals surface area contributed by atoms with Crippen LogP contribution in [0.1, 0.15) is 87.5 Å². The first-order valence-corrected chi connectivity index (χ1v) is 9.85. The molecule has 0 N–H and O–H groups in total. The fraction of sp³-hybridized carbons (Fsp3) is 0.500. The SMILES string of the molecule is CC.CC.Cc1ccc(C2CCC(c3ccc(C)cc3)CC2)cc1. The van der Waals surface area contributed by atoms with E-state index in [-0.39, 0.29) is 0 Å². The lowest BCUT2D eigenvalue weighted by molar-refractivity contribution is 0.396. The van der Waals surface area contributed by atoms with Crippen molar-refractivity contribution in [2.75, 3.05) is 0 Å². The van der Waals surface area contributed by atoms with E-state index < -0.39 is 0 Å².